The summed E-state index contributed by atoms with van der Waals surface area (Å²) in [4.78, 5) is 4.15. The second kappa shape index (κ2) is 6.31. The summed E-state index contributed by atoms with van der Waals surface area (Å²) in [5, 5.41) is 4.70. The Labute approximate surface area is 132 Å². The topological polar surface area (TPSA) is 99.1 Å². The van der Waals surface area contributed by atoms with Crippen LogP contribution in [0.4, 0.5) is 0 Å². The highest BCUT2D eigenvalue weighted by Crippen LogP contribution is 2.26. The first-order chi connectivity index (χ1) is 9.74. The van der Waals surface area contributed by atoms with Crippen molar-refractivity contribution in [2.45, 2.75) is 12.5 Å². The van der Waals surface area contributed by atoms with Crippen LogP contribution in [0.15, 0.2) is 22.7 Å². The summed E-state index contributed by atoms with van der Waals surface area (Å²) in [6.07, 6.45) is 1.35. The smallest absolute Gasteiger partial charge is 0.243 e. The fourth-order valence-electron chi connectivity index (χ4n) is 1.65. The highest BCUT2D eigenvalue weighted by atomic mass is 35.5. The van der Waals surface area contributed by atoms with Gasteiger partial charge < -0.3 is 10.3 Å². The van der Waals surface area contributed by atoms with E-state index < -0.39 is 15.9 Å². The van der Waals surface area contributed by atoms with Crippen molar-refractivity contribution in [1.82, 2.24) is 10.1 Å². The molecule has 2 aromatic rings. The lowest BCUT2D eigenvalue weighted by atomic mass is 10.2. The first kappa shape index (κ1) is 16.2. The lowest BCUT2D eigenvalue weighted by Gasteiger charge is -2.04. The van der Waals surface area contributed by atoms with E-state index in [2.05, 4.69) is 10.1 Å². The molecule has 1 heterocycles. The normalized spacial score (nSPS) is 13.3. The van der Waals surface area contributed by atoms with Gasteiger partial charge in [0.25, 0.3) is 0 Å². The zero-order valence-corrected chi connectivity index (χ0v) is 13.4. The number of sulfone groups is 1. The third-order valence-electron chi connectivity index (χ3n) is 2.68. The van der Waals surface area contributed by atoms with Gasteiger partial charge in [-0.1, -0.05) is 28.4 Å². The van der Waals surface area contributed by atoms with Crippen molar-refractivity contribution in [3.63, 3.8) is 0 Å². The maximum absolute atomic E-state index is 11.1. The van der Waals surface area contributed by atoms with E-state index in [1.807, 2.05) is 0 Å². The Morgan fingerprint density at radius 1 is 1.29 bits per heavy atom. The Hall–Kier alpha value is -1.15. The van der Waals surface area contributed by atoms with Crippen LogP contribution in [0.3, 0.4) is 0 Å². The van der Waals surface area contributed by atoms with Gasteiger partial charge in [0, 0.05) is 21.9 Å². The summed E-state index contributed by atoms with van der Waals surface area (Å²) in [7, 11) is -3.09. The first-order valence-electron chi connectivity index (χ1n) is 5.98. The van der Waals surface area contributed by atoms with Crippen molar-refractivity contribution in [2.24, 2.45) is 5.73 Å². The number of benzene rings is 1. The van der Waals surface area contributed by atoms with Crippen molar-refractivity contribution in [3.05, 3.63) is 34.1 Å². The molecule has 21 heavy (non-hydrogen) atoms. The molecule has 6 nitrogen and oxygen atoms in total. The van der Waals surface area contributed by atoms with E-state index in [-0.39, 0.29) is 18.1 Å². The van der Waals surface area contributed by atoms with Crippen LogP contribution in [0, 0.1) is 0 Å². The van der Waals surface area contributed by atoms with Gasteiger partial charge >= 0.3 is 0 Å². The Morgan fingerprint density at radius 3 is 2.48 bits per heavy atom. The molecule has 1 atom stereocenters. The number of nitrogens with zero attached hydrogens (tertiary/aromatic N) is 2. The molecule has 0 aliphatic carbocycles. The second-order valence-corrected chi connectivity index (χ2v) is 7.77. The molecule has 114 valence electrons. The summed E-state index contributed by atoms with van der Waals surface area (Å²) in [5.41, 5.74) is 6.44. The zero-order valence-electron chi connectivity index (χ0n) is 11.1. The average molecular weight is 350 g/mol. The van der Waals surface area contributed by atoms with Crippen LogP contribution >= 0.6 is 23.2 Å². The Balaban J connectivity index is 2.17. The molecule has 9 heteroatoms. The highest BCUT2D eigenvalue weighted by Gasteiger charge is 2.18. The minimum atomic E-state index is -3.09. The Bertz CT molecular complexity index is 726. The number of hydrogen-bond donors (Lipinski definition) is 1. The molecule has 2 rings (SSSR count). The summed E-state index contributed by atoms with van der Waals surface area (Å²) in [5.74, 6) is 0.420. The van der Waals surface area contributed by atoms with Crippen molar-refractivity contribution in [3.8, 4) is 11.4 Å². The number of aromatic nitrogens is 2. The van der Waals surface area contributed by atoms with Crippen molar-refractivity contribution in [1.29, 1.82) is 0 Å². The van der Waals surface area contributed by atoms with Crippen LogP contribution in [0.1, 0.15) is 18.4 Å². The number of rotatable bonds is 5. The molecule has 1 aromatic carbocycles. The lowest BCUT2D eigenvalue weighted by Crippen LogP contribution is -2.16. The molecule has 1 aromatic heterocycles. The monoisotopic (exact) mass is 349 g/mol. The van der Waals surface area contributed by atoms with Gasteiger partial charge in [-0.25, -0.2) is 8.42 Å². The molecule has 0 fully saturated rings. The van der Waals surface area contributed by atoms with Crippen LogP contribution in [0.25, 0.3) is 11.4 Å². The van der Waals surface area contributed by atoms with E-state index >= 15 is 0 Å². The fourth-order valence-corrected chi connectivity index (χ4v) is 2.86. The predicted octanol–water partition coefficient (Wildman–Crippen LogP) is 2.48. The summed E-state index contributed by atoms with van der Waals surface area (Å²) in [6.45, 7) is 0. The predicted molar refractivity (Wildman–Crippen MR) is 81.0 cm³/mol. The number of nitrogens with two attached hydrogens (primary N) is 1. The lowest BCUT2D eigenvalue weighted by molar-refractivity contribution is 0.352. The Morgan fingerprint density at radius 2 is 1.90 bits per heavy atom. The van der Waals surface area contributed by atoms with Gasteiger partial charge in [-0.15, -0.1) is 0 Å². The molecule has 0 saturated carbocycles. The average Bonchev–Trinajstić information content (AvgIpc) is 2.83. The number of halogens is 2. The van der Waals surface area contributed by atoms with Gasteiger partial charge in [0.1, 0.15) is 9.84 Å². The second-order valence-electron chi connectivity index (χ2n) is 4.64. The van der Waals surface area contributed by atoms with Gasteiger partial charge in [0.15, 0.2) is 0 Å². The fraction of sp³-hybridized carbons (Fsp3) is 0.333. The van der Waals surface area contributed by atoms with Crippen LogP contribution in [0.2, 0.25) is 10.0 Å². The maximum Gasteiger partial charge on any atom is 0.243 e. The number of hydrogen-bond acceptors (Lipinski definition) is 6. The van der Waals surface area contributed by atoms with E-state index in [4.69, 9.17) is 33.5 Å². The molecule has 0 radical (unpaired) electrons. The van der Waals surface area contributed by atoms with Crippen molar-refractivity contribution in [2.75, 3.05) is 12.0 Å². The molecular formula is C12H13Cl2N3O3S. The minimum absolute atomic E-state index is 0.0468. The molecule has 0 bridgehead atoms. The van der Waals surface area contributed by atoms with Crippen LogP contribution in [0.5, 0.6) is 0 Å². The van der Waals surface area contributed by atoms with Crippen LogP contribution < -0.4 is 5.73 Å². The molecule has 0 amide bonds. The molecule has 0 aliphatic rings. The van der Waals surface area contributed by atoms with E-state index in [0.717, 1.165) is 6.26 Å². The largest absolute Gasteiger partial charge is 0.337 e. The molecule has 0 aliphatic heterocycles. The summed E-state index contributed by atoms with van der Waals surface area (Å²) >= 11 is 11.8. The third-order valence-corrected chi connectivity index (χ3v) is 4.09. The highest BCUT2D eigenvalue weighted by molar-refractivity contribution is 7.90. The van der Waals surface area contributed by atoms with Gasteiger partial charge in [-0.05, 0) is 24.6 Å². The van der Waals surface area contributed by atoms with E-state index in [9.17, 15) is 8.42 Å². The standard InChI is InChI=1S/C12H13Cl2N3O3S/c1-21(18,19)3-2-10(15)12-16-11(17-20-12)7-4-8(13)6-9(14)5-7/h4-6,10H,2-3,15H2,1H3. The minimum Gasteiger partial charge on any atom is -0.337 e. The molecule has 0 saturated heterocycles. The molecule has 1 unspecified atom stereocenters. The maximum atomic E-state index is 11.1. The summed E-state index contributed by atoms with van der Waals surface area (Å²) in [6, 6.07) is 4.23. The van der Waals surface area contributed by atoms with Crippen molar-refractivity contribution < 1.29 is 12.9 Å². The van der Waals surface area contributed by atoms with E-state index in [1.165, 1.54) is 0 Å². The third kappa shape index (κ3) is 4.67. The van der Waals surface area contributed by atoms with Crippen molar-refractivity contribution >= 4 is 33.0 Å². The van der Waals surface area contributed by atoms with Crippen LogP contribution in [-0.4, -0.2) is 30.6 Å². The van der Waals surface area contributed by atoms with Gasteiger partial charge in [-0.2, -0.15) is 4.98 Å². The molecule has 0 spiro atoms. The first-order valence-corrected chi connectivity index (χ1v) is 8.79. The van der Waals surface area contributed by atoms with Gasteiger partial charge in [-0.3, -0.25) is 0 Å². The quantitative estimate of drug-likeness (QED) is 0.889. The Kier molecular flexibility index (Phi) is 4.88. The molecular weight excluding hydrogens is 337 g/mol. The van der Waals surface area contributed by atoms with Crippen LogP contribution in [-0.2, 0) is 9.84 Å². The summed E-state index contributed by atoms with van der Waals surface area (Å²) < 4.78 is 27.3. The van der Waals surface area contributed by atoms with E-state index in [1.54, 1.807) is 18.2 Å². The zero-order chi connectivity index (χ0) is 15.6. The molecule has 2 N–H and O–H groups in total. The van der Waals surface area contributed by atoms with Gasteiger partial charge in [0.05, 0.1) is 11.8 Å². The SMILES string of the molecule is CS(=O)(=O)CCC(N)c1nc(-c2cc(Cl)cc(Cl)c2)no1. The van der Waals surface area contributed by atoms with E-state index in [0.29, 0.717) is 21.4 Å². The van der Waals surface area contributed by atoms with Gasteiger partial charge in [0.2, 0.25) is 11.7 Å².